The molecule has 0 bridgehead atoms. The number of aromatic hydroxyl groups is 1. The van der Waals surface area contributed by atoms with Crippen LogP contribution >= 0.6 is 0 Å². The number of ether oxygens (including phenoxy) is 1. The van der Waals surface area contributed by atoms with E-state index in [0.29, 0.717) is 16.9 Å². The number of hydrogen-bond donors (Lipinski definition) is 1. The molecule has 0 aliphatic rings. The third-order valence-electron chi connectivity index (χ3n) is 3.68. The fourth-order valence-corrected chi connectivity index (χ4v) is 2.33. The van der Waals surface area contributed by atoms with Crippen LogP contribution < -0.4 is 4.74 Å². The second-order valence-electron chi connectivity index (χ2n) is 5.57. The van der Waals surface area contributed by atoms with Crippen molar-refractivity contribution >= 4 is 17.8 Å². The highest BCUT2D eigenvalue weighted by molar-refractivity contribution is 6.09. The fraction of sp³-hybridized carbons (Fsp3) is 0. The molecular formula is C22H16O4. The highest BCUT2D eigenvalue weighted by Crippen LogP contribution is 2.15. The average molecular weight is 344 g/mol. The minimum absolute atomic E-state index is 0.115. The molecule has 0 atom stereocenters. The number of para-hydroxylation sites is 1. The maximum Gasteiger partial charge on any atom is 0.336 e. The van der Waals surface area contributed by atoms with Gasteiger partial charge in [-0.25, -0.2) is 4.79 Å². The summed E-state index contributed by atoms with van der Waals surface area (Å²) in [5, 5.41) is 9.29. The van der Waals surface area contributed by atoms with Gasteiger partial charge >= 0.3 is 5.97 Å². The second-order valence-corrected chi connectivity index (χ2v) is 5.57. The van der Waals surface area contributed by atoms with E-state index < -0.39 is 5.97 Å². The molecule has 0 aliphatic carbocycles. The van der Waals surface area contributed by atoms with Crippen LogP contribution in [0.15, 0.2) is 84.9 Å². The molecule has 0 aromatic heterocycles. The molecule has 4 heteroatoms. The van der Waals surface area contributed by atoms with Gasteiger partial charge in [0.05, 0.1) is 0 Å². The summed E-state index contributed by atoms with van der Waals surface area (Å²) in [5.41, 5.74) is 1.80. The second kappa shape index (κ2) is 7.94. The summed E-state index contributed by atoms with van der Waals surface area (Å²) < 4.78 is 5.17. The van der Waals surface area contributed by atoms with E-state index in [9.17, 15) is 14.7 Å². The van der Waals surface area contributed by atoms with E-state index in [1.54, 1.807) is 66.7 Å². The number of hydrogen-bond acceptors (Lipinski definition) is 4. The van der Waals surface area contributed by atoms with Crippen LogP contribution in [0.4, 0.5) is 0 Å². The van der Waals surface area contributed by atoms with Crippen LogP contribution in [-0.4, -0.2) is 16.9 Å². The topological polar surface area (TPSA) is 63.6 Å². The van der Waals surface area contributed by atoms with Crippen molar-refractivity contribution in [1.82, 2.24) is 0 Å². The molecule has 0 unspecified atom stereocenters. The standard InChI is InChI=1S/C22H16O4/c23-19-13-11-18(12-14-19)22(25)17-9-6-16(7-10-17)8-15-21(24)26-20-4-2-1-3-5-20/h1-15,23H. The number of benzene rings is 3. The minimum atomic E-state index is -0.472. The predicted octanol–water partition coefficient (Wildman–Crippen LogP) is 4.24. The lowest BCUT2D eigenvalue weighted by Crippen LogP contribution is -2.03. The first kappa shape index (κ1) is 17.2. The van der Waals surface area contributed by atoms with E-state index in [1.807, 2.05) is 6.07 Å². The average Bonchev–Trinajstić information content (AvgIpc) is 2.68. The Hall–Kier alpha value is -3.66. The van der Waals surface area contributed by atoms with Crippen molar-refractivity contribution in [3.8, 4) is 11.5 Å². The maximum absolute atomic E-state index is 12.4. The quantitative estimate of drug-likeness (QED) is 0.325. The summed E-state index contributed by atoms with van der Waals surface area (Å²) in [6.45, 7) is 0. The first-order valence-corrected chi connectivity index (χ1v) is 8.00. The van der Waals surface area contributed by atoms with Crippen molar-refractivity contribution in [2.45, 2.75) is 0 Å². The van der Waals surface area contributed by atoms with Crippen LogP contribution in [0.1, 0.15) is 21.5 Å². The van der Waals surface area contributed by atoms with Gasteiger partial charge in [0.1, 0.15) is 11.5 Å². The first-order valence-electron chi connectivity index (χ1n) is 8.00. The van der Waals surface area contributed by atoms with Crippen LogP contribution in [0.2, 0.25) is 0 Å². The number of rotatable bonds is 5. The zero-order chi connectivity index (χ0) is 18.4. The maximum atomic E-state index is 12.4. The summed E-state index contributed by atoms with van der Waals surface area (Å²) in [6.07, 6.45) is 2.96. The Morgan fingerprint density at radius 3 is 1.96 bits per heavy atom. The van der Waals surface area contributed by atoms with Gasteiger partial charge in [-0.05, 0) is 48.0 Å². The Morgan fingerprint density at radius 1 is 0.769 bits per heavy atom. The van der Waals surface area contributed by atoms with Gasteiger partial charge in [0.2, 0.25) is 0 Å². The van der Waals surface area contributed by atoms with Crippen molar-refractivity contribution in [1.29, 1.82) is 0 Å². The molecule has 3 aromatic rings. The Kier molecular flexibility index (Phi) is 5.25. The van der Waals surface area contributed by atoms with Gasteiger partial charge in [0.15, 0.2) is 5.78 Å². The lowest BCUT2D eigenvalue weighted by molar-refractivity contribution is -0.128. The zero-order valence-corrected chi connectivity index (χ0v) is 13.8. The lowest BCUT2D eigenvalue weighted by Gasteiger charge is -2.02. The van der Waals surface area contributed by atoms with Gasteiger partial charge in [-0.2, -0.15) is 0 Å². The van der Waals surface area contributed by atoms with E-state index in [1.165, 1.54) is 18.2 Å². The van der Waals surface area contributed by atoms with Gasteiger partial charge in [-0.3, -0.25) is 4.79 Å². The molecule has 0 fully saturated rings. The Bertz CT molecular complexity index is 924. The van der Waals surface area contributed by atoms with Gasteiger partial charge in [-0.1, -0.05) is 42.5 Å². The van der Waals surface area contributed by atoms with E-state index in [2.05, 4.69) is 0 Å². The number of esters is 1. The third kappa shape index (κ3) is 4.45. The number of carbonyl (C=O) groups excluding carboxylic acids is 2. The molecular weight excluding hydrogens is 328 g/mol. The molecule has 0 heterocycles. The summed E-state index contributed by atoms with van der Waals surface area (Å²) in [6, 6.07) is 21.8. The first-order chi connectivity index (χ1) is 12.6. The van der Waals surface area contributed by atoms with Crippen LogP contribution in [0, 0.1) is 0 Å². The van der Waals surface area contributed by atoms with Crippen LogP contribution in [0.3, 0.4) is 0 Å². The van der Waals surface area contributed by atoms with Crippen molar-refractivity contribution in [2.24, 2.45) is 0 Å². The Balaban J connectivity index is 1.64. The van der Waals surface area contributed by atoms with Gasteiger partial charge in [-0.15, -0.1) is 0 Å². The molecule has 1 N–H and O–H groups in total. The van der Waals surface area contributed by atoms with Gasteiger partial charge in [0.25, 0.3) is 0 Å². The Morgan fingerprint density at radius 2 is 1.35 bits per heavy atom. The molecule has 128 valence electrons. The normalized spacial score (nSPS) is 10.6. The van der Waals surface area contributed by atoms with E-state index in [4.69, 9.17) is 4.74 Å². The number of phenolic OH excluding ortho intramolecular Hbond substituents is 1. The molecule has 0 aliphatic heterocycles. The lowest BCUT2D eigenvalue weighted by atomic mass is 10.0. The van der Waals surface area contributed by atoms with Crippen molar-refractivity contribution in [3.63, 3.8) is 0 Å². The molecule has 0 spiro atoms. The molecule has 0 amide bonds. The minimum Gasteiger partial charge on any atom is -0.508 e. The van der Waals surface area contributed by atoms with Crippen LogP contribution in [0.25, 0.3) is 6.08 Å². The smallest absolute Gasteiger partial charge is 0.336 e. The number of ketones is 1. The largest absolute Gasteiger partial charge is 0.508 e. The SMILES string of the molecule is O=C(C=Cc1ccc(C(=O)c2ccc(O)cc2)cc1)Oc1ccccc1. The molecule has 0 radical (unpaired) electrons. The van der Waals surface area contributed by atoms with Gasteiger partial charge in [0, 0.05) is 17.2 Å². The number of carbonyl (C=O) groups is 2. The molecule has 3 rings (SSSR count). The highest BCUT2D eigenvalue weighted by Gasteiger charge is 2.08. The predicted molar refractivity (Wildman–Crippen MR) is 99.1 cm³/mol. The molecule has 0 saturated carbocycles. The summed E-state index contributed by atoms with van der Waals surface area (Å²) in [7, 11) is 0. The van der Waals surface area contributed by atoms with E-state index in [0.717, 1.165) is 5.56 Å². The molecule has 4 nitrogen and oxygen atoms in total. The zero-order valence-electron chi connectivity index (χ0n) is 13.8. The highest BCUT2D eigenvalue weighted by atomic mass is 16.5. The van der Waals surface area contributed by atoms with E-state index in [-0.39, 0.29) is 11.5 Å². The summed E-state index contributed by atoms with van der Waals surface area (Å²) in [5.74, 6) is -0.00844. The van der Waals surface area contributed by atoms with Crippen molar-refractivity contribution < 1.29 is 19.4 Å². The van der Waals surface area contributed by atoms with E-state index >= 15 is 0 Å². The fourth-order valence-electron chi connectivity index (χ4n) is 2.33. The van der Waals surface area contributed by atoms with Crippen LogP contribution in [-0.2, 0) is 4.79 Å². The van der Waals surface area contributed by atoms with Crippen LogP contribution in [0.5, 0.6) is 11.5 Å². The molecule has 0 saturated heterocycles. The van der Waals surface area contributed by atoms with Crippen molar-refractivity contribution in [2.75, 3.05) is 0 Å². The van der Waals surface area contributed by atoms with Crippen molar-refractivity contribution in [3.05, 3.63) is 102 Å². The Labute approximate surface area is 151 Å². The van der Waals surface area contributed by atoms with Gasteiger partial charge < -0.3 is 9.84 Å². The third-order valence-corrected chi connectivity index (χ3v) is 3.68. The summed E-state index contributed by atoms with van der Waals surface area (Å²) >= 11 is 0. The monoisotopic (exact) mass is 344 g/mol. The molecule has 3 aromatic carbocycles. The summed E-state index contributed by atoms with van der Waals surface area (Å²) in [4.78, 5) is 24.2. The molecule has 26 heavy (non-hydrogen) atoms. The number of phenols is 1.